The van der Waals surface area contributed by atoms with Gasteiger partial charge >= 0.3 is 5.97 Å². The molecule has 1 N–H and O–H groups in total. The number of ether oxygens (including phenoxy) is 2. The van der Waals surface area contributed by atoms with Gasteiger partial charge in [0.15, 0.2) is 0 Å². The molecule has 34 heavy (non-hydrogen) atoms. The molecule has 1 aliphatic rings. The molecule has 178 valence electrons. The minimum atomic E-state index is -0.647. The van der Waals surface area contributed by atoms with E-state index in [2.05, 4.69) is 16.9 Å². The van der Waals surface area contributed by atoms with Crippen LogP contribution in [0.4, 0.5) is 0 Å². The largest absolute Gasteiger partial charge is 0.497 e. The van der Waals surface area contributed by atoms with E-state index in [0.29, 0.717) is 23.2 Å². The number of amides is 1. The van der Waals surface area contributed by atoms with Gasteiger partial charge in [-0.1, -0.05) is 37.6 Å². The Bertz CT molecular complexity index is 1250. The van der Waals surface area contributed by atoms with Gasteiger partial charge in [-0.05, 0) is 42.7 Å². The Morgan fingerprint density at radius 2 is 1.94 bits per heavy atom. The third kappa shape index (κ3) is 4.66. The van der Waals surface area contributed by atoms with E-state index >= 15 is 0 Å². The molecule has 1 saturated heterocycles. The molecule has 0 saturated carbocycles. The zero-order valence-corrected chi connectivity index (χ0v) is 19.7. The quantitative estimate of drug-likeness (QED) is 0.512. The van der Waals surface area contributed by atoms with Crippen LogP contribution in [0.15, 0.2) is 47.3 Å². The second kappa shape index (κ2) is 10.1. The summed E-state index contributed by atoms with van der Waals surface area (Å²) in [4.78, 5) is 47.4. The van der Waals surface area contributed by atoms with Crippen LogP contribution in [-0.4, -0.2) is 40.4 Å². The zero-order valence-electron chi connectivity index (χ0n) is 19.7. The molecule has 2 heterocycles. The van der Waals surface area contributed by atoms with Crippen LogP contribution in [0.25, 0.3) is 10.9 Å². The van der Waals surface area contributed by atoms with E-state index in [4.69, 9.17) is 9.47 Å². The number of nitrogens with zero attached hydrogens (tertiary/aromatic N) is 2. The molecule has 0 radical (unpaired) electrons. The van der Waals surface area contributed by atoms with Crippen LogP contribution < -0.4 is 10.3 Å². The Balaban J connectivity index is 1.56. The third-order valence-electron chi connectivity index (χ3n) is 6.28. The van der Waals surface area contributed by atoms with Crippen molar-refractivity contribution in [1.29, 1.82) is 0 Å². The molecule has 2 aromatic carbocycles. The van der Waals surface area contributed by atoms with Gasteiger partial charge < -0.3 is 19.4 Å². The second-order valence-corrected chi connectivity index (χ2v) is 8.56. The Morgan fingerprint density at radius 1 is 1.18 bits per heavy atom. The van der Waals surface area contributed by atoms with Crippen LogP contribution >= 0.6 is 0 Å². The van der Waals surface area contributed by atoms with Crippen molar-refractivity contribution in [3.8, 4) is 5.75 Å². The smallest absolute Gasteiger partial charge is 0.312 e. The maximum atomic E-state index is 13.2. The molecule has 1 fully saturated rings. The number of nitrogens with one attached hydrogen (secondary N) is 1. The number of aromatic amines is 1. The molecule has 3 aromatic rings. The van der Waals surface area contributed by atoms with E-state index < -0.39 is 17.9 Å². The fourth-order valence-corrected chi connectivity index (χ4v) is 4.47. The molecule has 8 nitrogen and oxygen atoms in total. The third-order valence-corrected chi connectivity index (χ3v) is 6.28. The SMILES string of the molecule is CCCCN1C(=O)C[C@H](C(=O)OCc2nc3c(C)cccc3c(=O)[nH]2)[C@H]1c1ccc(OC)cc1. The van der Waals surface area contributed by atoms with Crippen LogP contribution in [-0.2, 0) is 20.9 Å². The monoisotopic (exact) mass is 463 g/mol. The summed E-state index contributed by atoms with van der Waals surface area (Å²) in [7, 11) is 1.59. The number of likely N-dealkylation sites (tertiary alicyclic amines) is 1. The molecular formula is C26H29N3O5. The first kappa shape index (κ1) is 23.5. The van der Waals surface area contributed by atoms with Crippen molar-refractivity contribution < 1.29 is 19.1 Å². The van der Waals surface area contributed by atoms with Crippen molar-refractivity contribution in [3.05, 3.63) is 69.8 Å². The summed E-state index contributed by atoms with van der Waals surface area (Å²) in [5.41, 5.74) is 2.02. The average Bonchev–Trinajstić information content (AvgIpc) is 3.18. The van der Waals surface area contributed by atoms with E-state index in [-0.39, 0.29) is 30.3 Å². The van der Waals surface area contributed by atoms with Gasteiger partial charge in [-0.2, -0.15) is 0 Å². The fourth-order valence-electron chi connectivity index (χ4n) is 4.47. The lowest BCUT2D eigenvalue weighted by Crippen LogP contribution is -2.32. The number of aromatic nitrogens is 2. The van der Waals surface area contributed by atoms with E-state index in [0.717, 1.165) is 24.0 Å². The molecule has 0 aliphatic carbocycles. The van der Waals surface area contributed by atoms with Crippen LogP contribution in [0.1, 0.15) is 49.2 Å². The van der Waals surface area contributed by atoms with Crippen molar-refractivity contribution in [2.75, 3.05) is 13.7 Å². The Kier molecular flexibility index (Phi) is 6.95. The van der Waals surface area contributed by atoms with Gasteiger partial charge in [0.1, 0.15) is 18.2 Å². The van der Waals surface area contributed by atoms with Crippen molar-refractivity contribution >= 4 is 22.8 Å². The summed E-state index contributed by atoms with van der Waals surface area (Å²) in [5, 5.41) is 0.489. The van der Waals surface area contributed by atoms with E-state index in [1.54, 1.807) is 24.1 Å². The maximum Gasteiger partial charge on any atom is 0.312 e. The molecule has 1 aliphatic heterocycles. The zero-order chi connectivity index (χ0) is 24.2. The Labute approximate surface area is 197 Å². The number of rotatable bonds is 8. The van der Waals surface area contributed by atoms with Crippen LogP contribution in [0.2, 0.25) is 0 Å². The molecule has 0 bridgehead atoms. The van der Waals surface area contributed by atoms with Gasteiger partial charge in [-0.15, -0.1) is 0 Å². The maximum absolute atomic E-state index is 13.2. The number of esters is 1. The predicted octanol–water partition coefficient (Wildman–Crippen LogP) is 3.67. The molecule has 2 atom stereocenters. The number of carbonyl (C=O) groups excluding carboxylic acids is 2. The number of benzene rings is 2. The molecule has 0 unspecified atom stereocenters. The van der Waals surface area contributed by atoms with Gasteiger partial charge in [0.2, 0.25) is 5.91 Å². The van der Waals surface area contributed by atoms with E-state index in [1.165, 1.54) is 0 Å². The van der Waals surface area contributed by atoms with E-state index in [1.807, 2.05) is 37.3 Å². The van der Waals surface area contributed by atoms with Gasteiger partial charge in [0.05, 0.1) is 30.0 Å². The number of hydrogen-bond donors (Lipinski definition) is 1. The fraction of sp³-hybridized carbons (Fsp3) is 0.385. The Morgan fingerprint density at radius 3 is 2.65 bits per heavy atom. The van der Waals surface area contributed by atoms with Crippen molar-refractivity contribution in [2.24, 2.45) is 5.92 Å². The van der Waals surface area contributed by atoms with Crippen molar-refractivity contribution in [2.45, 2.75) is 45.8 Å². The van der Waals surface area contributed by atoms with Gasteiger partial charge in [0.25, 0.3) is 5.56 Å². The molecule has 0 spiro atoms. The first-order valence-corrected chi connectivity index (χ1v) is 11.5. The number of para-hydroxylation sites is 1. The van der Waals surface area contributed by atoms with E-state index in [9.17, 15) is 14.4 Å². The van der Waals surface area contributed by atoms with Crippen LogP contribution in [0, 0.1) is 12.8 Å². The Hall–Kier alpha value is -3.68. The highest BCUT2D eigenvalue weighted by Gasteiger charge is 2.45. The molecular weight excluding hydrogens is 434 g/mol. The lowest BCUT2D eigenvalue weighted by Gasteiger charge is -2.28. The first-order valence-electron chi connectivity index (χ1n) is 11.5. The van der Waals surface area contributed by atoms with Gasteiger partial charge in [0, 0.05) is 13.0 Å². The molecule has 1 aromatic heterocycles. The minimum Gasteiger partial charge on any atom is -0.497 e. The number of methoxy groups -OCH3 is 1. The summed E-state index contributed by atoms with van der Waals surface area (Å²) < 4.78 is 10.8. The number of aryl methyl sites for hydroxylation is 1. The average molecular weight is 464 g/mol. The number of fused-ring (bicyclic) bond motifs is 1. The normalized spacial score (nSPS) is 17.9. The van der Waals surface area contributed by atoms with Gasteiger partial charge in [-0.3, -0.25) is 14.4 Å². The highest BCUT2D eigenvalue weighted by Crippen LogP contribution is 2.39. The lowest BCUT2D eigenvalue weighted by atomic mass is 9.93. The molecule has 8 heteroatoms. The summed E-state index contributed by atoms with van der Waals surface area (Å²) in [6, 6.07) is 12.4. The molecule has 4 rings (SSSR count). The number of H-pyrrole nitrogens is 1. The predicted molar refractivity (Wildman–Crippen MR) is 127 cm³/mol. The summed E-state index contributed by atoms with van der Waals surface area (Å²) >= 11 is 0. The number of unbranched alkanes of at least 4 members (excludes halogenated alkanes) is 1. The highest BCUT2D eigenvalue weighted by molar-refractivity contribution is 5.88. The number of carbonyl (C=O) groups is 2. The standard InChI is InChI=1S/C26H29N3O5/c1-4-5-13-29-22(30)14-20(24(29)17-9-11-18(33-3)12-10-17)26(32)34-15-21-27-23-16(2)7-6-8-19(23)25(31)28-21/h6-12,20,24H,4-5,13-15H2,1-3H3,(H,27,28,31)/t20-,24+/m0/s1. The summed E-state index contributed by atoms with van der Waals surface area (Å²) in [5.74, 6) is -0.223. The first-order chi connectivity index (χ1) is 16.4. The minimum absolute atomic E-state index is 0.0657. The van der Waals surface area contributed by atoms with Crippen molar-refractivity contribution in [3.63, 3.8) is 0 Å². The van der Waals surface area contributed by atoms with Crippen LogP contribution in [0.3, 0.4) is 0 Å². The number of hydrogen-bond acceptors (Lipinski definition) is 6. The highest BCUT2D eigenvalue weighted by atomic mass is 16.5. The van der Waals surface area contributed by atoms with Crippen LogP contribution in [0.5, 0.6) is 5.75 Å². The second-order valence-electron chi connectivity index (χ2n) is 8.56. The van der Waals surface area contributed by atoms with Crippen molar-refractivity contribution in [1.82, 2.24) is 14.9 Å². The molecule has 1 amide bonds. The lowest BCUT2D eigenvalue weighted by molar-refractivity contribution is -0.151. The topological polar surface area (TPSA) is 102 Å². The van der Waals surface area contributed by atoms with Gasteiger partial charge in [-0.25, -0.2) is 4.98 Å². The summed E-state index contributed by atoms with van der Waals surface area (Å²) in [6.45, 7) is 4.34. The summed E-state index contributed by atoms with van der Waals surface area (Å²) in [6.07, 6.45) is 1.87.